The van der Waals surface area contributed by atoms with Crippen LogP contribution < -0.4 is 0 Å². The van der Waals surface area contributed by atoms with Gasteiger partial charge in [0.05, 0.1) is 12.7 Å². The third kappa shape index (κ3) is 2.01. The number of pyridine rings is 1. The molecule has 0 radical (unpaired) electrons. The van der Waals surface area contributed by atoms with E-state index in [2.05, 4.69) is 9.72 Å². The summed E-state index contributed by atoms with van der Waals surface area (Å²) in [5.74, 6) is 0.0776. The Morgan fingerprint density at radius 1 is 1.53 bits per heavy atom. The second-order valence-electron chi connectivity index (χ2n) is 3.27. The molecular weight excluding hydrogens is 218 g/mol. The van der Waals surface area contributed by atoms with E-state index in [1.54, 1.807) is 35.0 Å². The van der Waals surface area contributed by atoms with Crippen molar-refractivity contribution in [2.75, 3.05) is 7.11 Å². The van der Waals surface area contributed by atoms with E-state index >= 15 is 0 Å². The van der Waals surface area contributed by atoms with Gasteiger partial charge in [-0.2, -0.15) is 5.26 Å². The predicted octanol–water partition coefficient (Wildman–Crippen LogP) is 1.53. The van der Waals surface area contributed by atoms with E-state index in [1.807, 2.05) is 6.07 Å². The van der Waals surface area contributed by atoms with Crippen molar-refractivity contribution >= 4 is 5.97 Å². The first-order valence-electron chi connectivity index (χ1n) is 4.88. The first-order valence-corrected chi connectivity index (χ1v) is 4.88. The number of methoxy groups -OCH3 is 1. The van der Waals surface area contributed by atoms with Crippen molar-refractivity contribution in [2.45, 2.75) is 0 Å². The molecule has 0 fully saturated rings. The van der Waals surface area contributed by atoms with Gasteiger partial charge in [-0.05, 0) is 24.3 Å². The lowest BCUT2D eigenvalue weighted by Crippen LogP contribution is -2.05. The summed E-state index contributed by atoms with van der Waals surface area (Å²) in [7, 11) is 1.32. The van der Waals surface area contributed by atoms with Crippen LogP contribution in [0.4, 0.5) is 0 Å². The highest BCUT2D eigenvalue weighted by Gasteiger charge is 2.09. The number of aromatic nitrogens is 2. The molecule has 2 rings (SSSR count). The van der Waals surface area contributed by atoms with E-state index < -0.39 is 5.97 Å². The molecule has 0 aliphatic rings. The van der Waals surface area contributed by atoms with Gasteiger partial charge in [0.15, 0.2) is 0 Å². The van der Waals surface area contributed by atoms with Gasteiger partial charge in [0.25, 0.3) is 0 Å². The highest BCUT2D eigenvalue weighted by Crippen LogP contribution is 2.11. The molecule has 2 heterocycles. The van der Waals surface area contributed by atoms with Gasteiger partial charge >= 0.3 is 5.97 Å². The van der Waals surface area contributed by atoms with Gasteiger partial charge < -0.3 is 4.74 Å². The zero-order valence-electron chi connectivity index (χ0n) is 9.12. The number of hydrogen-bond acceptors (Lipinski definition) is 4. The molecule has 5 nitrogen and oxygen atoms in total. The summed E-state index contributed by atoms with van der Waals surface area (Å²) >= 11 is 0. The number of nitrogens with zero attached hydrogens (tertiary/aromatic N) is 3. The van der Waals surface area contributed by atoms with Crippen LogP contribution in [0, 0.1) is 11.3 Å². The quantitative estimate of drug-likeness (QED) is 0.729. The minimum Gasteiger partial charge on any atom is -0.465 e. The minimum absolute atomic E-state index is 0.398. The first-order chi connectivity index (χ1) is 8.26. The number of nitriles is 1. The van der Waals surface area contributed by atoms with E-state index in [4.69, 9.17) is 5.26 Å². The van der Waals surface area contributed by atoms with Crippen molar-refractivity contribution in [1.82, 2.24) is 9.55 Å². The second-order valence-corrected chi connectivity index (χ2v) is 3.27. The van der Waals surface area contributed by atoms with Gasteiger partial charge in [-0.1, -0.05) is 0 Å². The van der Waals surface area contributed by atoms with Crippen LogP contribution in [0.5, 0.6) is 0 Å². The molecule has 0 aliphatic heterocycles. The van der Waals surface area contributed by atoms with E-state index in [0.29, 0.717) is 17.1 Å². The largest absolute Gasteiger partial charge is 0.465 e. The molecule has 84 valence electrons. The average Bonchev–Trinajstić information content (AvgIpc) is 2.86. The van der Waals surface area contributed by atoms with E-state index in [1.165, 1.54) is 13.3 Å². The smallest absolute Gasteiger partial charge is 0.338 e. The Kier molecular flexibility index (Phi) is 2.88. The summed E-state index contributed by atoms with van der Waals surface area (Å²) in [5, 5.41) is 8.90. The Bertz CT molecular complexity index is 596. The molecule has 0 spiro atoms. The lowest BCUT2D eigenvalue weighted by atomic mass is 10.2. The van der Waals surface area contributed by atoms with Crippen molar-refractivity contribution in [2.24, 2.45) is 0 Å². The van der Waals surface area contributed by atoms with Crippen LogP contribution in [-0.4, -0.2) is 22.6 Å². The fraction of sp³-hybridized carbons (Fsp3) is 0.0833. The maximum absolute atomic E-state index is 11.4. The van der Waals surface area contributed by atoms with Crippen molar-refractivity contribution in [3.8, 4) is 11.9 Å². The molecule has 0 unspecified atom stereocenters. The summed E-state index contributed by atoms with van der Waals surface area (Å²) < 4.78 is 6.23. The maximum Gasteiger partial charge on any atom is 0.338 e. The van der Waals surface area contributed by atoms with Crippen LogP contribution >= 0.6 is 0 Å². The summed E-state index contributed by atoms with van der Waals surface area (Å²) in [5.41, 5.74) is 0.856. The van der Waals surface area contributed by atoms with Crippen molar-refractivity contribution in [3.05, 3.63) is 47.9 Å². The molecule has 0 saturated heterocycles. The topological polar surface area (TPSA) is 67.9 Å². The highest BCUT2D eigenvalue weighted by molar-refractivity contribution is 5.89. The lowest BCUT2D eigenvalue weighted by molar-refractivity contribution is 0.0600. The number of hydrogen-bond donors (Lipinski definition) is 0. The van der Waals surface area contributed by atoms with Crippen LogP contribution in [0.15, 0.2) is 36.7 Å². The number of carbonyl (C=O) groups excluding carboxylic acids is 1. The molecular formula is C12H9N3O2. The van der Waals surface area contributed by atoms with Crippen LogP contribution in [0.2, 0.25) is 0 Å². The van der Waals surface area contributed by atoms with Gasteiger partial charge in [-0.3, -0.25) is 4.57 Å². The fourth-order valence-electron chi connectivity index (χ4n) is 1.47. The van der Waals surface area contributed by atoms with Crippen LogP contribution in [0.25, 0.3) is 5.82 Å². The molecule has 2 aromatic rings. The molecule has 17 heavy (non-hydrogen) atoms. The third-order valence-corrected chi connectivity index (χ3v) is 2.28. The Morgan fingerprint density at radius 3 is 3.06 bits per heavy atom. The molecule has 0 aliphatic carbocycles. The first kappa shape index (κ1) is 10.9. The Hall–Kier alpha value is -2.61. The molecule has 0 bridgehead atoms. The van der Waals surface area contributed by atoms with E-state index in [-0.39, 0.29) is 0 Å². The van der Waals surface area contributed by atoms with Gasteiger partial charge in [-0.25, -0.2) is 9.78 Å². The number of rotatable bonds is 2. The number of carbonyl (C=O) groups is 1. The second kappa shape index (κ2) is 4.49. The number of ether oxygens (including phenoxy) is 1. The Labute approximate surface area is 97.9 Å². The standard InChI is InChI=1S/C12H9N3O2/c1-17-12(16)9-4-5-14-11(7-9)15-6-2-3-10(15)8-13/h2-7H,1H3. The minimum atomic E-state index is -0.431. The molecule has 2 aromatic heterocycles. The molecule has 0 aromatic carbocycles. The monoisotopic (exact) mass is 227 g/mol. The van der Waals surface area contributed by atoms with Crippen molar-refractivity contribution in [3.63, 3.8) is 0 Å². The van der Waals surface area contributed by atoms with Crippen LogP contribution in [0.3, 0.4) is 0 Å². The highest BCUT2D eigenvalue weighted by atomic mass is 16.5. The average molecular weight is 227 g/mol. The molecule has 5 heteroatoms. The lowest BCUT2D eigenvalue weighted by Gasteiger charge is -2.05. The van der Waals surface area contributed by atoms with Gasteiger partial charge in [0, 0.05) is 12.4 Å². The molecule has 0 N–H and O–H groups in total. The van der Waals surface area contributed by atoms with Gasteiger partial charge in [0.1, 0.15) is 17.6 Å². The normalized spacial score (nSPS) is 9.65. The molecule has 0 amide bonds. The maximum atomic E-state index is 11.4. The Balaban J connectivity index is 2.47. The molecule has 0 atom stereocenters. The van der Waals surface area contributed by atoms with E-state index in [9.17, 15) is 4.79 Å². The predicted molar refractivity (Wildman–Crippen MR) is 59.6 cm³/mol. The van der Waals surface area contributed by atoms with E-state index in [0.717, 1.165) is 0 Å². The molecule has 0 saturated carbocycles. The van der Waals surface area contributed by atoms with Crippen LogP contribution in [0.1, 0.15) is 16.1 Å². The zero-order chi connectivity index (χ0) is 12.3. The summed E-state index contributed by atoms with van der Waals surface area (Å²) in [4.78, 5) is 15.5. The summed E-state index contributed by atoms with van der Waals surface area (Å²) in [6.45, 7) is 0. The fourth-order valence-corrected chi connectivity index (χ4v) is 1.47. The number of esters is 1. The van der Waals surface area contributed by atoms with Gasteiger partial charge in [0.2, 0.25) is 0 Å². The third-order valence-electron chi connectivity index (χ3n) is 2.28. The summed E-state index contributed by atoms with van der Waals surface area (Å²) in [6, 6.07) is 8.59. The van der Waals surface area contributed by atoms with Gasteiger partial charge in [-0.15, -0.1) is 0 Å². The van der Waals surface area contributed by atoms with Crippen molar-refractivity contribution in [1.29, 1.82) is 5.26 Å². The SMILES string of the molecule is COC(=O)c1ccnc(-n2cccc2C#N)c1. The van der Waals surface area contributed by atoms with Crippen LogP contribution in [-0.2, 0) is 4.74 Å². The zero-order valence-corrected chi connectivity index (χ0v) is 9.12. The van der Waals surface area contributed by atoms with Crippen molar-refractivity contribution < 1.29 is 9.53 Å². The summed E-state index contributed by atoms with van der Waals surface area (Å²) in [6.07, 6.45) is 3.21. The Morgan fingerprint density at radius 2 is 2.35 bits per heavy atom.